The van der Waals surface area contributed by atoms with Gasteiger partial charge in [0.2, 0.25) is 0 Å². The SMILES string of the molecule is CCNCC(CC)Cc1ccc(Cl)cc1F. The Morgan fingerprint density at radius 3 is 2.69 bits per heavy atom. The average molecular weight is 244 g/mol. The molecule has 1 unspecified atom stereocenters. The Labute approximate surface area is 102 Å². The highest BCUT2D eigenvalue weighted by atomic mass is 35.5. The monoisotopic (exact) mass is 243 g/mol. The summed E-state index contributed by atoms with van der Waals surface area (Å²) in [7, 11) is 0. The lowest BCUT2D eigenvalue weighted by atomic mass is 9.96. The van der Waals surface area contributed by atoms with Crippen LogP contribution in [0.15, 0.2) is 18.2 Å². The summed E-state index contributed by atoms with van der Waals surface area (Å²) in [4.78, 5) is 0. The van der Waals surface area contributed by atoms with Crippen molar-refractivity contribution in [2.45, 2.75) is 26.7 Å². The van der Waals surface area contributed by atoms with E-state index in [9.17, 15) is 4.39 Å². The number of halogens is 2. The second-order valence-electron chi connectivity index (χ2n) is 4.02. The van der Waals surface area contributed by atoms with Crippen molar-refractivity contribution in [2.24, 2.45) is 5.92 Å². The van der Waals surface area contributed by atoms with E-state index in [-0.39, 0.29) is 5.82 Å². The van der Waals surface area contributed by atoms with Crippen molar-refractivity contribution in [3.8, 4) is 0 Å². The van der Waals surface area contributed by atoms with E-state index in [0.717, 1.165) is 31.5 Å². The molecule has 0 saturated heterocycles. The molecule has 3 heteroatoms. The first-order valence-electron chi connectivity index (χ1n) is 5.82. The summed E-state index contributed by atoms with van der Waals surface area (Å²) in [5, 5.41) is 3.76. The van der Waals surface area contributed by atoms with Gasteiger partial charge in [0.05, 0.1) is 0 Å². The van der Waals surface area contributed by atoms with Crippen molar-refractivity contribution in [3.63, 3.8) is 0 Å². The minimum Gasteiger partial charge on any atom is -0.317 e. The predicted octanol–water partition coefficient (Wildman–Crippen LogP) is 3.66. The van der Waals surface area contributed by atoms with Crippen LogP contribution in [0.4, 0.5) is 4.39 Å². The van der Waals surface area contributed by atoms with Crippen molar-refractivity contribution in [1.29, 1.82) is 0 Å². The molecule has 90 valence electrons. The molecule has 16 heavy (non-hydrogen) atoms. The van der Waals surface area contributed by atoms with E-state index in [1.54, 1.807) is 12.1 Å². The Hall–Kier alpha value is -0.600. The number of hydrogen-bond acceptors (Lipinski definition) is 1. The molecule has 0 saturated carbocycles. The van der Waals surface area contributed by atoms with Crippen molar-refractivity contribution >= 4 is 11.6 Å². The quantitative estimate of drug-likeness (QED) is 0.804. The molecule has 0 radical (unpaired) electrons. The summed E-state index contributed by atoms with van der Waals surface area (Å²) in [5.41, 5.74) is 0.758. The normalized spacial score (nSPS) is 12.8. The van der Waals surface area contributed by atoms with Crippen molar-refractivity contribution in [3.05, 3.63) is 34.6 Å². The molecule has 1 rings (SSSR count). The van der Waals surface area contributed by atoms with Gasteiger partial charge in [-0.15, -0.1) is 0 Å². The van der Waals surface area contributed by atoms with Gasteiger partial charge in [-0.2, -0.15) is 0 Å². The summed E-state index contributed by atoms with van der Waals surface area (Å²) < 4.78 is 13.6. The Kier molecular flexibility index (Phi) is 5.78. The van der Waals surface area contributed by atoms with Crippen LogP contribution in [0.2, 0.25) is 5.02 Å². The van der Waals surface area contributed by atoms with Crippen LogP contribution in [-0.4, -0.2) is 13.1 Å². The lowest BCUT2D eigenvalue weighted by molar-refractivity contribution is 0.457. The highest BCUT2D eigenvalue weighted by Crippen LogP contribution is 2.18. The summed E-state index contributed by atoms with van der Waals surface area (Å²) in [6.07, 6.45) is 1.82. The first kappa shape index (κ1) is 13.5. The number of rotatable bonds is 6. The highest BCUT2D eigenvalue weighted by molar-refractivity contribution is 6.30. The van der Waals surface area contributed by atoms with Gasteiger partial charge in [0.15, 0.2) is 0 Å². The lowest BCUT2D eigenvalue weighted by Gasteiger charge is -2.15. The number of benzene rings is 1. The molecular formula is C13H19ClFN. The van der Waals surface area contributed by atoms with Gasteiger partial charge in [-0.3, -0.25) is 0 Å². The van der Waals surface area contributed by atoms with E-state index in [1.165, 1.54) is 6.07 Å². The fraction of sp³-hybridized carbons (Fsp3) is 0.538. The second-order valence-corrected chi connectivity index (χ2v) is 4.46. The molecule has 0 amide bonds. The standard InChI is InChI=1S/C13H19ClFN/c1-3-10(9-16-4-2)7-11-5-6-12(14)8-13(11)15/h5-6,8,10,16H,3-4,7,9H2,1-2H3. The molecule has 0 fully saturated rings. The van der Waals surface area contributed by atoms with E-state index in [1.807, 2.05) is 0 Å². The summed E-state index contributed by atoms with van der Waals surface area (Å²) in [5.74, 6) is 0.290. The number of hydrogen-bond donors (Lipinski definition) is 1. The van der Waals surface area contributed by atoms with Gasteiger partial charge in [-0.05, 0) is 43.1 Å². The Morgan fingerprint density at radius 1 is 1.38 bits per heavy atom. The third kappa shape index (κ3) is 4.11. The van der Waals surface area contributed by atoms with Crippen LogP contribution in [0.3, 0.4) is 0 Å². The van der Waals surface area contributed by atoms with Crippen molar-refractivity contribution in [2.75, 3.05) is 13.1 Å². The average Bonchev–Trinajstić information content (AvgIpc) is 2.27. The van der Waals surface area contributed by atoms with Crippen LogP contribution in [0, 0.1) is 11.7 Å². The maximum atomic E-state index is 13.6. The fourth-order valence-electron chi connectivity index (χ4n) is 1.71. The summed E-state index contributed by atoms with van der Waals surface area (Å²) >= 11 is 5.72. The molecule has 0 aliphatic heterocycles. The van der Waals surface area contributed by atoms with Crippen molar-refractivity contribution in [1.82, 2.24) is 5.32 Å². The molecule has 0 aliphatic carbocycles. The van der Waals surface area contributed by atoms with Gasteiger partial charge < -0.3 is 5.32 Å². The van der Waals surface area contributed by atoms with Crippen LogP contribution in [-0.2, 0) is 6.42 Å². The molecule has 0 aliphatic rings. The topological polar surface area (TPSA) is 12.0 Å². The molecule has 0 heterocycles. The third-order valence-corrected chi connectivity index (χ3v) is 3.02. The van der Waals surface area contributed by atoms with E-state index in [0.29, 0.717) is 10.9 Å². The first-order valence-corrected chi connectivity index (χ1v) is 6.19. The van der Waals surface area contributed by atoms with Gasteiger partial charge in [0.1, 0.15) is 5.82 Å². The van der Waals surface area contributed by atoms with Gasteiger partial charge in [0, 0.05) is 5.02 Å². The third-order valence-electron chi connectivity index (χ3n) is 2.78. The molecule has 1 N–H and O–H groups in total. The van der Waals surface area contributed by atoms with Crippen molar-refractivity contribution < 1.29 is 4.39 Å². The first-order chi connectivity index (χ1) is 7.67. The molecule has 1 aromatic rings. The van der Waals surface area contributed by atoms with Crippen LogP contribution < -0.4 is 5.32 Å². The molecular weight excluding hydrogens is 225 g/mol. The minimum absolute atomic E-state index is 0.192. The van der Waals surface area contributed by atoms with Crippen LogP contribution >= 0.6 is 11.6 Å². The Morgan fingerprint density at radius 2 is 2.12 bits per heavy atom. The number of nitrogens with one attached hydrogen (secondary N) is 1. The van der Waals surface area contributed by atoms with E-state index in [2.05, 4.69) is 19.2 Å². The Balaban J connectivity index is 2.62. The zero-order chi connectivity index (χ0) is 12.0. The molecule has 0 aromatic heterocycles. The predicted molar refractivity (Wildman–Crippen MR) is 67.4 cm³/mol. The van der Waals surface area contributed by atoms with Crippen LogP contribution in [0.5, 0.6) is 0 Å². The van der Waals surface area contributed by atoms with Gasteiger partial charge in [0.25, 0.3) is 0 Å². The fourth-order valence-corrected chi connectivity index (χ4v) is 1.87. The van der Waals surface area contributed by atoms with E-state index < -0.39 is 0 Å². The van der Waals surface area contributed by atoms with E-state index >= 15 is 0 Å². The van der Waals surface area contributed by atoms with E-state index in [4.69, 9.17) is 11.6 Å². The van der Waals surface area contributed by atoms with Gasteiger partial charge in [-0.1, -0.05) is 37.9 Å². The molecule has 1 nitrogen and oxygen atoms in total. The zero-order valence-corrected chi connectivity index (χ0v) is 10.6. The maximum Gasteiger partial charge on any atom is 0.127 e. The van der Waals surface area contributed by atoms with Gasteiger partial charge >= 0.3 is 0 Å². The molecule has 1 atom stereocenters. The van der Waals surface area contributed by atoms with Crippen LogP contribution in [0.1, 0.15) is 25.8 Å². The second kappa shape index (κ2) is 6.87. The highest BCUT2D eigenvalue weighted by Gasteiger charge is 2.10. The summed E-state index contributed by atoms with van der Waals surface area (Å²) in [6.45, 7) is 6.11. The lowest BCUT2D eigenvalue weighted by Crippen LogP contribution is -2.23. The van der Waals surface area contributed by atoms with Gasteiger partial charge in [-0.25, -0.2) is 4.39 Å². The molecule has 1 aromatic carbocycles. The smallest absolute Gasteiger partial charge is 0.127 e. The Bertz CT molecular complexity index is 328. The summed E-state index contributed by atoms with van der Waals surface area (Å²) in [6, 6.07) is 4.92. The zero-order valence-electron chi connectivity index (χ0n) is 9.89. The van der Waals surface area contributed by atoms with Crippen LogP contribution in [0.25, 0.3) is 0 Å². The maximum absolute atomic E-state index is 13.6. The molecule has 0 bridgehead atoms. The largest absolute Gasteiger partial charge is 0.317 e. The minimum atomic E-state index is -0.192. The molecule has 0 spiro atoms.